The highest BCUT2D eigenvalue weighted by atomic mass is 16.5. The van der Waals surface area contributed by atoms with Gasteiger partial charge in [-0.05, 0) is 62.4 Å². The van der Waals surface area contributed by atoms with Gasteiger partial charge in [0, 0.05) is 18.7 Å². The first-order valence-electron chi connectivity index (χ1n) is 11.0. The Hall–Kier alpha value is -3.61. The van der Waals surface area contributed by atoms with Crippen LogP contribution in [-0.2, 0) is 15.0 Å². The second-order valence-electron chi connectivity index (χ2n) is 8.70. The van der Waals surface area contributed by atoms with Gasteiger partial charge in [0.1, 0.15) is 11.3 Å². The molecule has 0 radical (unpaired) electrons. The third-order valence-corrected chi connectivity index (χ3v) is 6.71. The Morgan fingerprint density at radius 3 is 2.36 bits per heavy atom. The van der Waals surface area contributed by atoms with Crippen LogP contribution in [0.25, 0.3) is 11.0 Å². The van der Waals surface area contributed by atoms with Gasteiger partial charge in [-0.1, -0.05) is 30.3 Å². The number of carboxylic acid groups (broad SMARTS) is 1. The van der Waals surface area contributed by atoms with Crippen LogP contribution in [0.1, 0.15) is 35.1 Å². The van der Waals surface area contributed by atoms with Gasteiger partial charge in [0.25, 0.3) is 5.91 Å². The standard InChI is InChI=1S/C26H27NO6/c1-16-13-20(23-17(2)18(3)24(29)33-21(23)14-16)32-15-22(28)27-11-9-26(10-12-27,25(30)31)19-7-5-4-6-8-19/h4-8,13-14H,9-12,15H2,1-3H3,(H,30,31). The highest BCUT2D eigenvalue weighted by Gasteiger charge is 2.43. The van der Waals surface area contributed by atoms with E-state index in [4.69, 9.17) is 9.15 Å². The molecule has 1 aliphatic heterocycles. The summed E-state index contributed by atoms with van der Waals surface area (Å²) in [5.74, 6) is -0.581. The number of aliphatic carboxylic acids is 1. The molecule has 1 fully saturated rings. The largest absolute Gasteiger partial charge is 0.483 e. The van der Waals surface area contributed by atoms with Crippen molar-refractivity contribution in [2.75, 3.05) is 19.7 Å². The van der Waals surface area contributed by atoms with E-state index in [1.165, 1.54) is 0 Å². The molecule has 1 aromatic heterocycles. The molecule has 7 nitrogen and oxygen atoms in total. The first-order valence-corrected chi connectivity index (χ1v) is 11.0. The molecule has 2 aromatic carbocycles. The minimum Gasteiger partial charge on any atom is -0.483 e. The summed E-state index contributed by atoms with van der Waals surface area (Å²) >= 11 is 0. The number of amides is 1. The maximum Gasteiger partial charge on any atom is 0.339 e. The third kappa shape index (κ3) is 4.11. The van der Waals surface area contributed by atoms with Crippen molar-refractivity contribution in [2.45, 2.75) is 39.0 Å². The van der Waals surface area contributed by atoms with Gasteiger partial charge in [0.05, 0.1) is 10.8 Å². The van der Waals surface area contributed by atoms with Crippen molar-refractivity contribution in [1.82, 2.24) is 4.90 Å². The highest BCUT2D eigenvalue weighted by Crippen LogP contribution is 2.36. The summed E-state index contributed by atoms with van der Waals surface area (Å²) in [6.07, 6.45) is 0.684. The fourth-order valence-corrected chi connectivity index (χ4v) is 4.55. The Bertz CT molecular complexity index is 1270. The highest BCUT2D eigenvalue weighted by molar-refractivity contribution is 5.89. The van der Waals surface area contributed by atoms with Gasteiger partial charge < -0.3 is 19.2 Å². The van der Waals surface area contributed by atoms with E-state index in [0.717, 1.165) is 16.7 Å². The minimum atomic E-state index is -0.988. The zero-order chi connectivity index (χ0) is 23.8. The normalized spacial score (nSPS) is 15.4. The number of ether oxygens (including phenoxy) is 1. The molecule has 3 aromatic rings. The van der Waals surface area contributed by atoms with Gasteiger partial charge >= 0.3 is 11.6 Å². The average Bonchev–Trinajstić information content (AvgIpc) is 2.81. The summed E-state index contributed by atoms with van der Waals surface area (Å²) in [5, 5.41) is 10.6. The van der Waals surface area contributed by atoms with E-state index in [1.807, 2.05) is 50.2 Å². The van der Waals surface area contributed by atoms with Gasteiger partial charge in [0.2, 0.25) is 0 Å². The molecule has 172 valence electrons. The van der Waals surface area contributed by atoms with Crippen LogP contribution in [-0.4, -0.2) is 41.6 Å². The number of benzene rings is 2. The van der Waals surface area contributed by atoms with Crippen LogP contribution in [0, 0.1) is 20.8 Å². The van der Waals surface area contributed by atoms with Crippen molar-refractivity contribution in [1.29, 1.82) is 0 Å². The van der Waals surface area contributed by atoms with Gasteiger partial charge in [-0.25, -0.2) is 4.79 Å². The monoisotopic (exact) mass is 449 g/mol. The molecule has 7 heteroatoms. The molecule has 33 heavy (non-hydrogen) atoms. The van der Waals surface area contributed by atoms with Crippen molar-refractivity contribution in [3.8, 4) is 5.75 Å². The molecule has 0 saturated carbocycles. The summed E-state index contributed by atoms with van der Waals surface area (Å²) in [6, 6.07) is 12.8. The Balaban J connectivity index is 1.50. The number of carbonyl (C=O) groups excluding carboxylic acids is 1. The number of piperidine rings is 1. The number of rotatable bonds is 5. The summed E-state index contributed by atoms with van der Waals surface area (Å²) in [7, 11) is 0. The summed E-state index contributed by atoms with van der Waals surface area (Å²) < 4.78 is 11.3. The molecule has 1 saturated heterocycles. The number of likely N-dealkylation sites (tertiary alicyclic amines) is 1. The molecule has 0 atom stereocenters. The molecular formula is C26H27NO6. The number of hydrogen-bond donors (Lipinski definition) is 1. The minimum absolute atomic E-state index is 0.179. The molecule has 0 unspecified atom stereocenters. The molecule has 1 amide bonds. The lowest BCUT2D eigenvalue weighted by molar-refractivity contribution is -0.148. The van der Waals surface area contributed by atoms with Crippen LogP contribution in [0.5, 0.6) is 5.75 Å². The maximum atomic E-state index is 12.9. The molecule has 4 rings (SSSR count). The van der Waals surface area contributed by atoms with E-state index in [9.17, 15) is 19.5 Å². The molecule has 2 heterocycles. The van der Waals surface area contributed by atoms with Gasteiger partial charge in [-0.2, -0.15) is 0 Å². The van der Waals surface area contributed by atoms with Crippen LogP contribution in [0.4, 0.5) is 0 Å². The summed E-state index contributed by atoms with van der Waals surface area (Å²) in [4.78, 5) is 38.7. The van der Waals surface area contributed by atoms with Gasteiger partial charge in [-0.15, -0.1) is 0 Å². The molecular weight excluding hydrogens is 422 g/mol. The number of nitrogens with zero attached hydrogens (tertiary/aromatic N) is 1. The Labute approximate surface area is 191 Å². The fourth-order valence-electron chi connectivity index (χ4n) is 4.55. The maximum absolute atomic E-state index is 12.9. The number of aryl methyl sites for hydroxylation is 2. The van der Waals surface area contributed by atoms with Crippen molar-refractivity contribution in [3.63, 3.8) is 0 Å². The second-order valence-corrected chi connectivity index (χ2v) is 8.70. The second kappa shape index (κ2) is 8.73. The van der Waals surface area contributed by atoms with E-state index in [2.05, 4.69) is 0 Å². The van der Waals surface area contributed by atoms with Gasteiger partial charge in [0.15, 0.2) is 6.61 Å². The predicted octanol–water partition coefficient (Wildman–Crippen LogP) is 3.74. The summed E-state index contributed by atoms with van der Waals surface area (Å²) in [5.41, 5.74) is 1.93. The quantitative estimate of drug-likeness (QED) is 0.596. The van der Waals surface area contributed by atoms with Crippen molar-refractivity contribution >= 4 is 22.8 Å². The fraction of sp³-hybridized carbons (Fsp3) is 0.346. The molecule has 0 bridgehead atoms. The van der Waals surface area contributed by atoms with Crippen molar-refractivity contribution < 1.29 is 23.8 Å². The van der Waals surface area contributed by atoms with Crippen LogP contribution in [0.2, 0.25) is 0 Å². The predicted molar refractivity (Wildman–Crippen MR) is 124 cm³/mol. The van der Waals surface area contributed by atoms with Crippen LogP contribution in [0.3, 0.4) is 0 Å². The van der Waals surface area contributed by atoms with Gasteiger partial charge in [-0.3, -0.25) is 9.59 Å². The topological polar surface area (TPSA) is 97.0 Å². The lowest BCUT2D eigenvalue weighted by atomic mass is 9.73. The van der Waals surface area contributed by atoms with Crippen molar-refractivity contribution in [2.24, 2.45) is 0 Å². The zero-order valence-electron chi connectivity index (χ0n) is 19.0. The van der Waals surface area contributed by atoms with E-state index in [0.29, 0.717) is 48.2 Å². The smallest absolute Gasteiger partial charge is 0.339 e. The molecule has 0 aliphatic carbocycles. The number of fused-ring (bicyclic) bond motifs is 1. The third-order valence-electron chi connectivity index (χ3n) is 6.71. The van der Waals surface area contributed by atoms with Crippen LogP contribution < -0.4 is 10.4 Å². The van der Waals surface area contributed by atoms with E-state index >= 15 is 0 Å². The first-order chi connectivity index (χ1) is 15.7. The number of carbonyl (C=O) groups is 2. The lowest BCUT2D eigenvalue weighted by Crippen LogP contribution is -2.50. The number of carboxylic acids is 1. The Morgan fingerprint density at radius 1 is 1.06 bits per heavy atom. The Morgan fingerprint density at radius 2 is 1.73 bits per heavy atom. The first kappa shape index (κ1) is 22.6. The molecule has 1 aliphatic rings. The SMILES string of the molecule is Cc1cc(OCC(=O)N2CCC(C(=O)O)(c3ccccc3)CC2)c2c(C)c(C)c(=O)oc2c1. The van der Waals surface area contributed by atoms with Crippen molar-refractivity contribution in [3.05, 3.63) is 75.1 Å². The van der Waals surface area contributed by atoms with Crippen LogP contribution in [0.15, 0.2) is 51.7 Å². The van der Waals surface area contributed by atoms with Crippen LogP contribution >= 0.6 is 0 Å². The molecule has 0 spiro atoms. The zero-order valence-corrected chi connectivity index (χ0v) is 19.0. The Kier molecular flexibility index (Phi) is 5.97. The van der Waals surface area contributed by atoms with E-state index in [-0.39, 0.29) is 18.1 Å². The number of hydrogen-bond acceptors (Lipinski definition) is 5. The summed E-state index contributed by atoms with van der Waals surface area (Å²) in [6.45, 7) is 5.89. The lowest BCUT2D eigenvalue weighted by Gasteiger charge is -2.39. The average molecular weight is 450 g/mol. The van der Waals surface area contributed by atoms with E-state index in [1.54, 1.807) is 17.9 Å². The molecule has 1 N–H and O–H groups in total. The van der Waals surface area contributed by atoms with E-state index < -0.39 is 11.4 Å².